The van der Waals surface area contributed by atoms with Crippen LogP contribution in [-0.4, -0.2) is 13.7 Å². The molecule has 640 valence electrons. The Morgan fingerprint density at radius 3 is 0.978 bits per heavy atom. The molecule has 30 rings (SSSR count). The van der Waals surface area contributed by atoms with Gasteiger partial charge in [-0.25, -0.2) is 0 Å². The van der Waals surface area contributed by atoms with Crippen LogP contribution in [0.2, 0.25) is 0 Å². The second kappa shape index (κ2) is 31.8. The van der Waals surface area contributed by atoms with Crippen molar-refractivity contribution in [1.82, 2.24) is 13.7 Å². The number of aromatic nitrogens is 3. The summed E-state index contributed by atoms with van der Waals surface area (Å²) >= 11 is 5.65. The fourth-order valence-corrected chi connectivity index (χ4v) is 25.4. The van der Waals surface area contributed by atoms with Crippen LogP contribution in [0.15, 0.2) is 480 Å². The molecule has 9 heterocycles. The smallest absolute Gasteiger partial charge is 0.143 e. The number of rotatable bonds is 10. The van der Waals surface area contributed by atoms with E-state index in [0.717, 1.165) is 82.5 Å². The average molecular weight is 1800 g/mol. The Bertz CT molecular complexity index is 10100. The van der Waals surface area contributed by atoms with Crippen LogP contribution in [0.4, 0.5) is 0 Å². The molecular formula is C128H77N3O3S3. The zero-order valence-electron chi connectivity index (χ0n) is 73.7. The number of thiophene rings is 3. The van der Waals surface area contributed by atoms with Crippen molar-refractivity contribution in [2.75, 3.05) is 0 Å². The lowest BCUT2D eigenvalue weighted by molar-refractivity contribution is 0.669. The van der Waals surface area contributed by atoms with Crippen molar-refractivity contribution in [1.29, 1.82) is 0 Å². The van der Waals surface area contributed by atoms with Gasteiger partial charge in [-0.2, -0.15) is 0 Å². The molecule has 0 aliphatic carbocycles. The van der Waals surface area contributed by atoms with Gasteiger partial charge in [0.2, 0.25) is 0 Å². The molecule has 0 N–H and O–H groups in total. The van der Waals surface area contributed by atoms with Gasteiger partial charge in [0.25, 0.3) is 0 Å². The van der Waals surface area contributed by atoms with E-state index in [4.69, 9.17) is 13.3 Å². The molecule has 0 aliphatic heterocycles. The summed E-state index contributed by atoms with van der Waals surface area (Å²) in [5.41, 5.74) is 33.2. The summed E-state index contributed by atoms with van der Waals surface area (Å²) in [5.74, 6) is 0. The molecular weight excluding hydrogens is 1720 g/mol. The maximum absolute atomic E-state index is 6.62. The Hall–Kier alpha value is -17.2. The molecule has 9 aromatic heterocycles. The molecule has 0 fully saturated rings. The molecule has 0 saturated heterocycles. The quantitative estimate of drug-likeness (QED) is 0.137. The van der Waals surface area contributed by atoms with Gasteiger partial charge in [-0.15, -0.1) is 34.0 Å². The molecule has 0 unspecified atom stereocenters. The lowest BCUT2D eigenvalue weighted by Crippen LogP contribution is -1.93. The van der Waals surface area contributed by atoms with Gasteiger partial charge in [0.05, 0.1) is 47.2 Å². The molecule has 0 bridgehead atoms. The highest BCUT2D eigenvalue weighted by atomic mass is 32.1. The zero-order chi connectivity index (χ0) is 89.9. The number of para-hydroxylation sites is 7. The first-order valence-electron chi connectivity index (χ1n) is 46.5. The molecule has 0 saturated carbocycles. The normalized spacial score (nSPS) is 11.9. The van der Waals surface area contributed by atoms with Crippen LogP contribution < -0.4 is 0 Å². The molecule has 21 aromatic carbocycles. The average Bonchev–Trinajstić information content (AvgIpc) is 1.56. The minimum atomic E-state index is 0.901. The van der Waals surface area contributed by atoms with Crippen LogP contribution in [-0.2, 0) is 0 Å². The third-order valence-corrected chi connectivity index (χ3v) is 31.4. The second-order valence-corrected chi connectivity index (χ2v) is 38.6. The van der Waals surface area contributed by atoms with Crippen molar-refractivity contribution in [3.63, 3.8) is 0 Å². The van der Waals surface area contributed by atoms with Gasteiger partial charge >= 0.3 is 0 Å². The van der Waals surface area contributed by atoms with Crippen LogP contribution >= 0.6 is 34.0 Å². The van der Waals surface area contributed by atoms with Gasteiger partial charge in [-0.05, 0) is 216 Å². The van der Waals surface area contributed by atoms with E-state index in [1.807, 2.05) is 34.0 Å². The summed E-state index contributed by atoms with van der Waals surface area (Å²) in [4.78, 5) is 0. The lowest BCUT2D eigenvalue weighted by Gasteiger charge is -2.12. The van der Waals surface area contributed by atoms with E-state index in [-0.39, 0.29) is 0 Å². The van der Waals surface area contributed by atoms with Crippen molar-refractivity contribution >= 4 is 215 Å². The van der Waals surface area contributed by atoms with E-state index in [2.05, 4.69) is 481 Å². The number of fused-ring (bicyclic) bond motifs is 28. The van der Waals surface area contributed by atoms with Crippen LogP contribution in [0.25, 0.3) is 276 Å². The standard InChI is InChI=1S/C44H27NOS.2C42H25NOS/c1-3-13-28(14-4-1)32-20-11-22-36-41-34(21-12-24-39(41)46-43(32)36)33-18-8-7-17-31(33)29-25-26-40-37(27-29)42-44(47-40)35-19-9-10-23-38(35)45(42)30-15-5-2-6-16-30;1-2-12-28(13-3-1)43-36-19-9-8-17-33(36)42-40(43)35-25-27(22-24-38(35)45-42)29-14-6-7-16-31(29)32-18-10-20-37-39(32)34-23-21-26-11-4-5-15-30(26)41(34)44-37;1-2-11-29(12-3-1)43-36-17-9-8-16-33(36)42-41(43)35-24-27(20-23-39(35)45-42)30-13-6-7-14-31(30)28-18-21-34-38(25-28)44-37-22-19-26-10-4-5-15-32(26)40(34)37/h1-27H;2*1-25H. The Balaban J connectivity index is 0.000000102. The van der Waals surface area contributed by atoms with E-state index in [1.54, 1.807) is 0 Å². The van der Waals surface area contributed by atoms with Crippen molar-refractivity contribution in [2.45, 2.75) is 0 Å². The van der Waals surface area contributed by atoms with Crippen molar-refractivity contribution in [3.05, 3.63) is 467 Å². The predicted octanol–water partition coefficient (Wildman–Crippen LogP) is 37.7. The van der Waals surface area contributed by atoms with Gasteiger partial charge in [0, 0.05) is 107 Å². The minimum Gasteiger partial charge on any atom is -0.456 e. The molecule has 30 aromatic rings. The van der Waals surface area contributed by atoms with Gasteiger partial charge < -0.3 is 27.0 Å². The third-order valence-electron chi connectivity index (χ3n) is 27.8. The number of benzene rings is 21. The fraction of sp³-hybridized carbons (Fsp3) is 0. The number of hydrogen-bond acceptors (Lipinski definition) is 6. The summed E-state index contributed by atoms with van der Waals surface area (Å²) in [6.07, 6.45) is 0. The maximum atomic E-state index is 6.62. The lowest BCUT2D eigenvalue weighted by atomic mass is 9.91. The molecule has 0 spiro atoms. The third kappa shape index (κ3) is 12.6. The SMILES string of the molecule is c1ccc(-c2cccc3c2oc2cccc(-c4ccccc4-c4ccc5sc6c7ccccc7n(-c7ccccc7)c6c5c4)c23)cc1.c1ccc(-n2c3ccccc3c3sc4ccc(-c5ccccc5-c5ccc6c(c5)oc5ccc7ccccc7c56)cc4c32)cc1.c1ccc(-n2c3ccccc3c3sc4ccc(-c5ccccc5-c5cccc6oc7c8ccccc8ccc7c56)cc4c32)cc1. The summed E-state index contributed by atoms with van der Waals surface area (Å²) in [6.45, 7) is 0. The summed E-state index contributed by atoms with van der Waals surface area (Å²) in [7, 11) is 0. The molecule has 0 amide bonds. The molecule has 6 nitrogen and oxygen atoms in total. The maximum Gasteiger partial charge on any atom is 0.143 e. The molecule has 0 atom stereocenters. The summed E-state index contributed by atoms with van der Waals surface area (Å²) in [6, 6.07) is 168. The largest absolute Gasteiger partial charge is 0.456 e. The first kappa shape index (κ1) is 78.5. The minimum absolute atomic E-state index is 0.901. The first-order chi connectivity index (χ1) is 68.0. The highest BCUT2D eigenvalue weighted by molar-refractivity contribution is 7.27. The highest BCUT2D eigenvalue weighted by Crippen LogP contribution is 2.52. The number of nitrogens with zero attached hydrogens (tertiary/aromatic N) is 3. The fourth-order valence-electron chi connectivity index (χ4n) is 21.8. The molecule has 137 heavy (non-hydrogen) atoms. The van der Waals surface area contributed by atoms with Gasteiger partial charge in [0.1, 0.15) is 33.5 Å². The van der Waals surface area contributed by atoms with Crippen LogP contribution in [0, 0.1) is 0 Å². The summed E-state index contributed by atoms with van der Waals surface area (Å²) in [5, 5.41) is 19.4. The van der Waals surface area contributed by atoms with E-state index in [1.165, 1.54) is 193 Å². The number of furan rings is 3. The molecule has 0 aliphatic rings. The number of hydrogen-bond donors (Lipinski definition) is 0. The van der Waals surface area contributed by atoms with Crippen LogP contribution in [0.3, 0.4) is 0 Å². The van der Waals surface area contributed by atoms with Gasteiger partial charge in [-0.3, -0.25) is 0 Å². The Labute approximate surface area is 797 Å². The Morgan fingerprint density at radius 1 is 0.168 bits per heavy atom. The molecule has 9 heteroatoms. The van der Waals surface area contributed by atoms with E-state index in [9.17, 15) is 0 Å². The Morgan fingerprint density at radius 2 is 0.496 bits per heavy atom. The van der Waals surface area contributed by atoms with Crippen molar-refractivity contribution in [2.24, 2.45) is 0 Å². The topological polar surface area (TPSA) is 54.2 Å². The molecule has 0 radical (unpaired) electrons. The monoisotopic (exact) mass is 1800 g/mol. The van der Waals surface area contributed by atoms with E-state index >= 15 is 0 Å². The highest BCUT2D eigenvalue weighted by Gasteiger charge is 2.27. The second-order valence-electron chi connectivity index (χ2n) is 35.4. The Kier molecular flexibility index (Phi) is 18.2. The van der Waals surface area contributed by atoms with Crippen molar-refractivity contribution < 1.29 is 13.3 Å². The van der Waals surface area contributed by atoms with E-state index in [0.29, 0.717) is 0 Å². The van der Waals surface area contributed by atoms with Gasteiger partial charge in [0.15, 0.2) is 0 Å². The van der Waals surface area contributed by atoms with Gasteiger partial charge in [-0.1, -0.05) is 340 Å². The van der Waals surface area contributed by atoms with Crippen LogP contribution in [0.5, 0.6) is 0 Å². The summed E-state index contributed by atoms with van der Waals surface area (Å²) < 4.78 is 34.8. The zero-order valence-corrected chi connectivity index (χ0v) is 76.2. The predicted molar refractivity (Wildman–Crippen MR) is 583 cm³/mol. The van der Waals surface area contributed by atoms with E-state index < -0.39 is 0 Å². The van der Waals surface area contributed by atoms with Crippen LogP contribution in [0.1, 0.15) is 0 Å². The first-order valence-corrected chi connectivity index (χ1v) is 48.9. The van der Waals surface area contributed by atoms with Crippen molar-refractivity contribution in [3.8, 4) is 95.0 Å².